The SMILES string of the molecule is COC(=O)c1cc(N)cc(Cl)c1NC1CCSCC1. The zero-order chi connectivity index (χ0) is 13.8. The Bertz CT molecular complexity index is 476. The molecular formula is C13H17ClN2O2S. The average Bonchev–Trinajstić information content (AvgIpc) is 2.42. The Labute approximate surface area is 122 Å². The summed E-state index contributed by atoms with van der Waals surface area (Å²) >= 11 is 8.15. The quantitative estimate of drug-likeness (QED) is 0.663. The number of ether oxygens (including phenoxy) is 1. The van der Waals surface area contributed by atoms with Crippen molar-refractivity contribution in [2.75, 3.05) is 29.7 Å². The maximum Gasteiger partial charge on any atom is 0.340 e. The van der Waals surface area contributed by atoms with Crippen LogP contribution in [-0.4, -0.2) is 30.6 Å². The molecule has 1 aromatic carbocycles. The summed E-state index contributed by atoms with van der Waals surface area (Å²) in [5.41, 5.74) is 7.20. The van der Waals surface area contributed by atoms with Gasteiger partial charge in [0.2, 0.25) is 0 Å². The molecule has 1 heterocycles. The zero-order valence-electron chi connectivity index (χ0n) is 10.7. The Balaban J connectivity index is 2.28. The van der Waals surface area contributed by atoms with E-state index in [1.165, 1.54) is 7.11 Å². The van der Waals surface area contributed by atoms with Gasteiger partial charge in [-0.25, -0.2) is 4.79 Å². The lowest BCUT2D eigenvalue weighted by Crippen LogP contribution is -2.26. The van der Waals surface area contributed by atoms with Crippen LogP contribution >= 0.6 is 23.4 Å². The number of anilines is 2. The van der Waals surface area contributed by atoms with E-state index in [1.54, 1.807) is 12.1 Å². The first kappa shape index (κ1) is 14.3. The summed E-state index contributed by atoms with van der Waals surface area (Å²) in [7, 11) is 1.35. The summed E-state index contributed by atoms with van der Waals surface area (Å²) in [4.78, 5) is 11.8. The predicted molar refractivity (Wildman–Crippen MR) is 81.2 cm³/mol. The Kier molecular flexibility index (Phi) is 4.82. The number of hydrogen-bond acceptors (Lipinski definition) is 5. The van der Waals surface area contributed by atoms with Crippen molar-refractivity contribution < 1.29 is 9.53 Å². The monoisotopic (exact) mass is 300 g/mol. The molecule has 0 unspecified atom stereocenters. The minimum absolute atomic E-state index is 0.339. The lowest BCUT2D eigenvalue weighted by molar-refractivity contribution is 0.0602. The van der Waals surface area contributed by atoms with Gasteiger partial charge in [0, 0.05) is 11.7 Å². The van der Waals surface area contributed by atoms with Crippen molar-refractivity contribution in [3.8, 4) is 0 Å². The molecule has 0 saturated carbocycles. The van der Waals surface area contributed by atoms with Crippen LogP contribution in [0.2, 0.25) is 5.02 Å². The molecular weight excluding hydrogens is 284 g/mol. The molecule has 0 bridgehead atoms. The molecule has 0 atom stereocenters. The average molecular weight is 301 g/mol. The van der Waals surface area contributed by atoms with Gasteiger partial charge in [0.25, 0.3) is 0 Å². The standard InChI is InChI=1S/C13H17ClN2O2S/c1-18-13(17)10-6-8(15)7-11(14)12(10)16-9-2-4-19-5-3-9/h6-7,9,16H,2-5,15H2,1H3. The molecule has 0 radical (unpaired) electrons. The maximum absolute atomic E-state index is 11.8. The number of nitrogens with one attached hydrogen (secondary N) is 1. The number of rotatable bonds is 3. The number of benzene rings is 1. The van der Waals surface area contributed by atoms with E-state index in [-0.39, 0.29) is 0 Å². The number of nitrogen functional groups attached to an aromatic ring is 1. The lowest BCUT2D eigenvalue weighted by Gasteiger charge is -2.25. The van der Waals surface area contributed by atoms with Crippen LogP contribution < -0.4 is 11.1 Å². The van der Waals surface area contributed by atoms with E-state index in [1.807, 2.05) is 11.8 Å². The van der Waals surface area contributed by atoms with Crippen LogP contribution in [0, 0.1) is 0 Å². The van der Waals surface area contributed by atoms with Crippen LogP contribution in [-0.2, 0) is 4.74 Å². The Morgan fingerprint density at radius 2 is 2.16 bits per heavy atom. The molecule has 0 aliphatic carbocycles. The molecule has 1 aliphatic rings. The van der Waals surface area contributed by atoms with Gasteiger partial charge in [0.1, 0.15) is 0 Å². The molecule has 1 aromatic rings. The van der Waals surface area contributed by atoms with Gasteiger partial charge in [-0.2, -0.15) is 11.8 Å². The first-order valence-corrected chi connectivity index (χ1v) is 7.66. The molecule has 1 aliphatic heterocycles. The number of hydrogen-bond donors (Lipinski definition) is 2. The minimum Gasteiger partial charge on any atom is -0.465 e. The summed E-state index contributed by atoms with van der Waals surface area (Å²) in [5, 5.41) is 3.82. The fourth-order valence-corrected chi connectivity index (χ4v) is 3.48. The molecule has 19 heavy (non-hydrogen) atoms. The number of esters is 1. The van der Waals surface area contributed by atoms with Crippen molar-refractivity contribution >= 4 is 40.7 Å². The van der Waals surface area contributed by atoms with Crippen LogP contribution in [0.25, 0.3) is 0 Å². The summed E-state index contributed by atoms with van der Waals surface area (Å²) in [6, 6.07) is 3.58. The van der Waals surface area contributed by atoms with Crippen LogP contribution in [0.4, 0.5) is 11.4 Å². The van der Waals surface area contributed by atoms with Gasteiger partial charge in [-0.15, -0.1) is 0 Å². The number of methoxy groups -OCH3 is 1. The molecule has 3 N–H and O–H groups in total. The van der Waals surface area contributed by atoms with Crippen molar-refractivity contribution in [3.05, 3.63) is 22.7 Å². The number of carbonyl (C=O) groups is 1. The summed E-state index contributed by atoms with van der Waals surface area (Å²) in [6.45, 7) is 0. The zero-order valence-corrected chi connectivity index (χ0v) is 12.3. The molecule has 4 nitrogen and oxygen atoms in total. The third-order valence-corrected chi connectivity index (χ3v) is 4.43. The summed E-state index contributed by atoms with van der Waals surface area (Å²) < 4.78 is 4.78. The second-order valence-electron chi connectivity index (χ2n) is 4.45. The number of carbonyl (C=O) groups excluding carboxylic acids is 1. The van der Waals surface area contributed by atoms with E-state index in [9.17, 15) is 4.79 Å². The van der Waals surface area contributed by atoms with E-state index < -0.39 is 5.97 Å². The molecule has 1 saturated heterocycles. The largest absolute Gasteiger partial charge is 0.465 e. The third-order valence-electron chi connectivity index (χ3n) is 3.09. The van der Waals surface area contributed by atoms with Crippen molar-refractivity contribution in [2.45, 2.75) is 18.9 Å². The van der Waals surface area contributed by atoms with Gasteiger partial charge in [-0.05, 0) is 36.5 Å². The first-order valence-electron chi connectivity index (χ1n) is 6.13. The number of halogens is 1. The topological polar surface area (TPSA) is 64.3 Å². The maximum atomic E-state index is 11.8. The highest BCUT2D eigenvalue weighted by atomic mass is 35.5. The van der Waals surface area contributed by atoms with Gasteiger partial charge in [-0.3, -0.25) is 0 Å². The Hall–Kier alpha value is -1.07. The third kappa shape index (κ3) is 3.48. The second kappa shape index (κ2) is 6.39. The second-order valence-corrected chi connectivity index (χ2v) is 6.08. The van der Waals surface area contributed by atoms with Crippen LogP contribution in [0.5, 0.6) is 0 Å². The molecule has 0 aromatic heterocycles. The van der Waals surface area contributed by atoms with Gasteiger partial charge in [0.15, 0.2) is 0 Å². The highest BCUT2D eigenvalue weighted by Gasteiger charge is 2.20. The van der Waals surface area contributed by atoms with Crippen LogP contribution in [0.3, 0.4) is 0 Å². The van der Waals surface area contributed by atoms with Crippen molar-refractivity contribution in [1.29, 1.82) is 0 Å². The lowest BCUT2D eigenvalue weighted by atomic mass is 10.1. The van der Waals surface area contributed by atoms with Crippen molar-refractivity contribution in [3.63, 3.8) is 0 Å². The predicted octanol–water partition coefficient (Wildman–Crippen LogP) is 3.02. The molecule has 2 rings (SSSR count). The number of thioether (sulfide) groups is 1. The molecule has 1 fully saturated rings. The van der Waals surface area contributed by atoms with Crippen molar-refractivity contribution in [2.24, 2.45) is 0 Å². The van der Waals surface area contributed by atoms with E-state index in [0.29, 0.717) is 28.0 Å². The van der Waals surface area contributed by atoms with Gasteiger partial charge < -0.3 is 15.8 Å². The van der Waals surface area contributed by atoms with Gasteiger partial charge >= 0.3 is 5.97 Å². The molecule has 104 valence electrons. The summed E-state index contributed by atoms with van der Waals surface area (Å²) in [6.07, 6.45) is 2.12. The smallest absolute Gasteiger partial charge is 0.340 e. The normalized spacial score (nSPS) is 16.1. The van der Waals surface area contributed by atoms with E-state index in [4.69, 9.17) is 22.1 Å². The first-order chi connectivity index (χ1) is 9.11. The van der Waals surface area contributed by atoms with E-state index in [2.05, 4.69) is 5.32 Å². The Morgan fingerprint density at radius 3 is 2.79 bits per heavy atom. The summed E-state index contributed by atoms with van der Waals surface area (Å²) in [5.74, 6) is 1.82. The van der Waals surface area contributed by atoms with Crippen molar-refractivity contribution in [1.82, 2.24) is 0 Å². The minimum atomic E-state index is -0.429. The van der Waals surface area contributed by atoms with Crippen LogP contribution in [0.1, 0.15) is 23.2 Å². The van der Waals surface area contributed by atoms with E-state index in [0.717, 1.165) is 24.3 Å². The van der Waals surface area contributed by atoms with Gasteiger partial charge in [0.05, 0.1) is 23.4 Å². The fourth-order valence-electron chi connectivity index (χ4n) is 2.09. The molecule has 6 heteroatoms. The van der Waals surface area contributed by atoms with Crippen LogP contribution in [0.15, 0.2) is 12.1 Å². The Morgan fingerprint density at radius 1 is 1.47 bits per heavy atom. The van der Waals surface area contributed by atoms with E-state index >= 15 is 0 Å². The van der Waals surface area contributed by atoms with Gasteiger partial charge in [-0.1, -0.05) is 11.6 Å². The highest BCUT2D eigenvalue weighted by molar-refractivity contribution is 7.99. The molecule has 0 spiro atoms. The fraction of sp³-hybridized carbons (Fsp3) is 0.462. The molecule has 0 amide bonds. The number of nitrogens with two attached hydrogens (primary N) is 1. The highest BCUT2D eigenvalue weighted by Crippen LogP contribution is 2.32.